The van der Waals surface area contributed by atoms with Crippen molar-refractivity contribution in [2.45, 2.75) is 6.61 Å². The van der Waals surface area contributed by atoms with Crippen LogP contribution in [0.1, 0.15) is 16.7 Å². The van der Waals surface area contributed by atoms with Crippen LogP contribution in [0.2, 0.25) is 0 Å². The van der Waals surface area contributed by atoms with E-state index in [-0.39, 0.29) is 11.5 Å². The highest BCUT2D eigenvalue weighted by Gasteiger charge is 2.24. The number of hydrogen-bond donors (Lipinski definition) is 0. The number of rotatable bonds is 5. The van der Waals surface area contributed by atoms with Crippen molar-refractivity contribution in [3.8, 4) is 5.75 Å². The van der Waals surface area contributed by atoms with Crippen LogP contribution in [-0.4, -0.2) is 11.9 Å². The molecule has 1 aliphatic heterocycles. The average molecular weight is 499 g/mol. The van der Waals surface area contributed by atoms with Gasteiger partial charge in [0.05, 0.1) is 0 Å². The Morgan fingerprint density at radius 2 is 1.66 bits per heavy atom. The SMILES string of the molecule is O=C1OC(c2ccc(I)cc2)=N/C1=C\c1ccc(OCc2ccc(F)cc2)cc1. The number of benzene rings is 3. The third-order valence-corrected chi connectivity index (χ3v) is 4.93. The Morgan fingerprint density at radius 3 is 2.34 bits per heavy atom. The molecule has 6 heteroatoms. The Balaban J connectivity index is 1.44. The van der Waals surface area contributed by atoms with Gasteiger partial charge in [-0.25, -0.2) is 14.2 Å². The molecule has 0 saturated carbocycles. The highest BCUT2D eigenvalue weighted by atomic mass is 127. The summed E-state index contributed by atoms with van der Waals surface area (Å²) in [6, 6.07) is 21.0. The fraction of sp³-hybridized carbons (Fsp3) is 0.0435. The van der Waals surface area contributed by atoms with E-state index in [1.807, 2.05) is 36.4 Å². The first-order chi connectivity index (χ1) is 14.1. The van der Waals surface area contributed by atoms with Crippen LogP contribution < -0.4 is 4.74 Å². The molecule has 0 saturated heterocycles. The smallest absolute Gasteiger partial charge is 0.363 e. The number of carbonyl (C=O) groups is 1. The standard InChI is InChI=1S/C23H15FINO3/c24-18-7-1-16(2-8-18)14-28-20-11-3-15(4-12-20)13-21-23(27)29-22(26-21)17-5-9-19(25)10-6-17/h1-13H,14H2/b21-13-. The number of carbonyl (C=O) groups excluding carboxylic acids is 1. The van der Waals surface area contributed by atoms with Crippen LogP contribution in [0, 0.1) is 9.39 Å². The monoisotopic (exact) mass is 499 g/mol. The lowest BCUT2D eigenvalue weighted by Crippen LogP contribution is -2.05. The minimum atomic E-state index is -0.477. The zero-order chi connectivity index (χ0) is 20.2. The number of nitrogens with zero attached hydrogens (tertiary/aromatic N) is 1. The molecule has 0 aliphatic carbocycles. The van der Waals surface area contributed by atoms with Gasteiger partial charge in [0.2, 0.25) is 5.90 Å². The summed E-state index contributed by atoms with van der Waals surface area (Å²) in [6.07, 6.45) is 1.67. The zero-order valence-electron chi connectivity index (χ0n) is 15.1. The van der Waals surface area contributed by atoms with Gasteiger partial charge in [-0.3, -0.25) is 0 Å². The van der Waals surface area contributed by atoms with Gasteiger partial charge < -0.3 is 9.47 Å². The lowest BCUT2D eigenvalue weighted by atomic mass is 10.2. The fourth-order valence-electron chi connectivity index (χ4n) is 2.69. The van der Waals surface area contributed by atoms with Crippen LogP contribution in [0.25, 0.3) is 6.08 Å². The molecule has 0 spiro atoms. The highest BCUT2D eigenvalue weighted by molar-refractivity contribution is 14.1. The summed E-state index contributed by atoms with van der Waals surface area (Å²) in [5.41, 5.74) is 2.69. The van der Waals surface area contributed by atoms with E-state index in [4.69, 9.17) is 9.47 Å². The summed E-state index contributed by atoms with van der Waals surface area (Å²) in [7, 11) is 0. The van der Waals surface area contributed by atoms with Crippen molar-refractivity contribution in [2.24, 2.45) is 4.99 Å². The molecule has 3 aromatic rings. The Morgan fingerprint density at radius 1 is 0.966 bits per heavy atom. The van der Waals surface area contributed by atoms with Gasteiger partial charge in [-0.2, -0.15) is 0 Å². The maximum Gasteiger partial charge on any atom is 0.363 e. The fourth-order valence-corrected chi connectivity index (χ4v) is 3.05. The van der Waals surface area contributed by atoms with Crippen molar-refractivity contribution < 1.29 is 18.7 Å². The molecule has 0 fully saturated rings. The Labute approximate surface area is 180 Å². The van der Waals surface area contributed by atoms with E-state index in [0.29, 0.717) is 18.3 Å². The Hall–Kier alpha value is -3.00. The van der Waals surface area contributed by atoms with Gasteiger partial charge in [0.15, 0.2) is 5.70 Å². The minimum absolute atomic E-state index is 0.249. The predicted octanol–water partition coefficient (Wildman–Crippen LogP) is 5.35. The van der Waals surface area contributed by atoms with E-state index in [1.165, 1.54) is 12.1 Å². The maximum absolute atomic E-state index is 12.9. The quantitative estimate of drug-likeness (QED) is 0.270. The molecule has 0 aromatic heterocycles. The molecule has 1 heterocycles. The van der Waals surface area contributed by atoms with Crippen LogP contribution in [0.3, 0.4) is 0 Å². The molecular formula is C23H15FINO3. The molecule has 144 valence electrons. The molecule has 1 aliphatic rings. The van der Waals surface area contributed by atoms with Crippen LogP contribution in [0.4, 0.5) is 4.39 Å². The Kier molecular flexibility index (Phi) is 5.71. The molecule has 0 amide bonds. The minimum Gasteiger partial charge on any atom is -0.489 e. The number of cyclic esters (lactones) is 1. The topological polar surface area (TPSA) is 47.9 Å². The second kappa shape index (κ2) is 8.57. The van der Waals surface area contributed by atoms with Crippen LogP contribution >= 0.6 is 22.6 Å². The van der Waals surface area contributed by atoms with Gasteiger partial charge >= 0.3 is 5.97 Å². The number of ether oxygens (including phenoxy) is 2. The van der Waals surface area contributed by atoms with E-state index in [2.05, 4.69) is 27.6 Å². The van der Waals surface area contributed by atoms with Crippen molar-refractivity contribution in [3.63, 3.8) is 0 Å². The molecular weight excluding hydrogens is 484 g/mol. The first kappa shape index (κ1) is 19.3. The molecule has 0 radical (unpaired) electrons. The highest BCUT2D eigenvalue weighted by Crippen LogP contribution is 2.21. The van der Waals surface area contributed by atoms with Crippen molar-refractivity contribution in [2.75, 3.05) is 0 Å². The zero-order valence-corrected chi connectivity index (χ0v) is 17.3. The van der Waals surface area contributed by atoms with E-state index in [9.17, 15) is 9.18 Å². The van der Waals surface area contributed by atoms with E-state index in [0.717, 1.165) is 20.3 Å². The van der Waals surface area contributed by atoms with Gasteiger partial charge in [0.1, 0.15) is 18.2 Å². The van der Waals surface area contributed by atoms with Crippen LogP contribution in [0.5, 0.6) is 5.75 Å². The van der Waals surface area contributed by atoms with E-state index < -0.39 is 5.97 Å². The van der Waals surface area contributed by atoms with Crippen molar-refractivity contribution in [1.29, 1.82) is 0 Å². The number of halogens is 2. The average Bonchev–Trinajstić information content (AvgIpc) is 3.09. The largest absolute Gasteiger partial charge is 0.489 e. The lowest BCUT2D eigenvalue weighted by molar-refractivity contribution is -0.129. The second-order valence-electron chi connectivity index (χ2n) is 6.33. The summed E-state index contributed by atoms with van der Waals surface area (Å²) in [5.74, 6) is 0.227. The summed E-state index contributed by atoms with van der Waals surface area (Å²) < 4.78 is 25.0. The molecule has 4 rings (SSSR count). The molecule has 0 bridgehead atoms. The molecule has 0 unspecified atom stereocenters. The van der Waals surface area contributed by atoms with Gasteiger partial charge in [-0.15, -0.1) is 0 Å². The number of esters is 1. The van der Waals surface area contributed by atoms with Gasteiger partial charge in [0.25, 0.3) is 0 Å². The summed E-state index contributed by atoms with van der Waals surface area (Å²) in [4.78, 5) is 16.4. The molecule has 29 heavy (non-hydrogen) atoms. The van der Waals surface area contributed by atoms with E-state index in [1.54, 1.807) is 30.3 Å². The first-order valence-electron chi connectivity index (χ1n) is 8.83. The molecule has 0 N–H and O–H groups in total. The van der Waals surface area contributed by atoms with Gasteiger partial charge in [-0.05, 0) is 88.3 Å². The number of aliphatic imine (C=N–C) groups is 1. The second-order valence-corrected chi connectivity index (χ2v) is 7.57. The third kappa shape index (κ3) is 4.89. The van der Waals surface area contributed by atoms with Crippen molar-refractivity contribution in [1.82, 2.24) is 0 Å². The van der Waals surface area contributed by atoms with Crippen molar-refractivity contribution in [3.05, 3.63) is 105 Å². The molecule has 4 nitrogen and oxygen atoms in total. The first-order valence-corrected chi connectivity index (χ1v) is 9.90. The van der Waals surface area contributed by atoms with Gasteiger partial charge in [0, 0.05) is 9.13 Å². The third-order valence-electron chi connectivity index (χ3n) is 4.21. The summed E-state index contributed by atoms with van der Waals surface area (Å²) in [5, 5.41) is 0. The van der Waals surface area contributed by atoms with Crippen molar-refractivity contribution >= 4 is 40.5 Å². The summed E-state index contributed by atoms with van der Waals surface area (Å²) in [6.45, 7) is 0.344. The van der Waals surface area contributed by atoms with Gasteiger partial charge in [-0.1, -0.05) is 24.3 Å². The van der Waals surface area contributed by atoms with E-state index >= 15 is 0 Å². The van der Waals surface area contributed by atoms with Crippen LogP contribution in [-0.2, 0) is 16.1 Å². The summed E-state index contributed by atoms with van der Waals surface area (Å²) >= 11 is 2.21. The molecule has 0 atom stereocenters. The normalized spacial score (nSPS) is 14.6. The Bertz CT molecular complexity index is 1090. The number of hydrogen-bond acceptors (Lipinski definition) is 4. The molecule has 3 aromatic carbocycles. The lowest BCUT2D eigenvalue weighted by Gasteiger charge is -2.06. The maximum atomic E-state index is 12.9. The predicted molar refractivity (Wildman–Crippen MR) is 117 cm³/mol. The van der Waals surface area contributed by atoms with Crippen LogP contribution in [0.15, 0.2) is 83.5 Å².